The van der Waals surface area contributed by atoms with E-state index in [4.69, 9.17) is 21.1 Å². The van der Waals surface area contributed by atoms with Gasteiger partial charge in [-0.3, -0.25) is 0 Å². The second-order valence-corrected chi connectivity index (χ2v) is 4.76. The Bertz CT molecular complexity index is 622. The summed E-state index contributed by atoms with van der Waals surface area (Å²) in [6.07, 6.45) is 1.57. The molecule has 0 fully saturated rings. The fourth-order valence-corrected chi connectivity index (χ4v) is 2.42. The number of rotatable bonds is 3. The molecule has 0 aromatic heterocycles. The molecule has 2 nitrogen and oxygen atoms in total. The summed E-state index contributed by atoms with van der Waals surface area (Å²) >= 11 is 6.07. The SMILES string of the molecule is C=CCOC1c2ccccc2Oc2ccc(Cl)cc21. The summed E-state index contributed by atoms with van der Waals surface area (Å²) in [4.78, 5) is 0. The highest BCUT2D eigenvalue weighted by atomic mass is 35.5. The van der Waals surface area contributed by atoms with E-state index in [0.29, 0.717) is 11.6 Å². The monoisotopic (exact) mass is 272 g/mol. The fourth-order valence-electron chi connectivity index (χ4n) is 2.24. The Morgan fingerprint density at radius 1 is 1.16 bits per heavy atom. The molecule has 1 heterocycles. The third-order valence-corrected chi connectivity index (χ3v) is 3.29. The molecule has 0 N–H and O–H groups in total. The van der Waals surface area contributed by atoms with Crippen LogP contribution < -0.4 is 4.74 Å². The standard InChI is InChI=1S/C16H13ClO2/c1-2-9-18-16-12-5-3-4-6-14(12)19-15-8-7-11(17)10-13(15)16/h2-8,10,16H,1,9H2. The highest BCUT2D eigenvalue weighted by Crippen LogP contribution is 2.45. The van der Waals surface area contributed by atoms with Gasteiger partial charge in [0.05, 0.1) is 6.61 Å². The molecule has 0 aliphatic carbocycles. The molecule has 0 spiro atoms. The predicted octanol–water partition coefficient (Wildman–Crippen LogP) is 4.74. The molecule has 0 radical (unpaired) electrons. The van der Waals surface area contributed by atoms with Crippen molar-refractivity contribution in [2.45, 2.75) is 6.10 Å². The first-order valence-electron chi connectivity index (χ1n) is 6.08. The zero-order chi connectivity index (χ0) is 13.2. The van der Waals surface area contributed by atoms with Crippen molar-refractivity contribution in [3.63, 3.8) is 0 Å². The average Bonchev–Trinajstić information content (AvgIpc) is 2.44. The Labute approximate surface area is 117 Å². The zero-order valence-electron chi connectivity index (χ0n) is 10.3. The van der Waals surface area contributed by atoms with Crippen molar-refractivity contribution in [1.82, 2.24) is 0 Å². The Morgan fingerprint density at radius 3 is 2.79 bits per heavy atom. The quantitative estimate of drug-likeness (QED) is 0.752. The van der Waals surface area contributed by atoms with Gasteiger partial charge in [-0.1, -0.05) is 35.9 Å². The number of hydrogen-bond donors (Lipinski definition) is 0. The summed E-state index contributed by atoms with van der Waals surface area (Å²) in [6, 6.07) is 13.5. The van der Waals surface area contributed by atoms with Crippen LogP contribution in [0.3, 0.4) is 0 Å². The van der Waals surface area contributed by atoms with Gasteiger partial charge in [-0.05, 0) is 24.3 Å². The highest BCUT2D eigenvalue weighted by molar-refractivity contribution is 6.30. The summed E-state index contributed by atoms with van der Waals surface area (Å²) in [5.41, 5.74) is 1.96. The predicted molar refractivity (Wildman–Crippen MR) is 76.0 cm³/mol. The molecule has 3 rings (SSSR count). The molecule has 0 saturated carbocycles. The molecule has 0 amide bonds. The van der Waals surface area contributed by atoms with Gasteiger partial charge in [-0.2, -0.15) is 0 Å². The van der Waals surface area contributed by atoms with Crippen LogP contribution >= 0.6 is 11.6 Å². The van der Waals surface area contributed by atoms with Gasteiger partial charge in [-0.15, -0.1) is 6.58 Å². The maximum Gasteiger partial charge on any atom is 0.133 e. The third kappa shape index (κ3) is 2.25. The first-order valence-corrected chi connectivity index (χ1v) is 6.46. The maximum atomic E-state index is 6.07. The molecule has 1 atom stereocenters. The van der Waals surface area contributed by atoms with Crippen LogP contribution in [-0.2, 0) is 4.74 Å². The normalized spacial score (nSPS) is 16.2. The summed E-state index contributed by atoms with van der Waals surface area (Å²) in [5, 5.41) is 0.675. The molecule has 2 aromatic rings. The smallest absolute Gasteiger partial charge is 0.133 e. The molecule has 19 heavy (non-hydrogen) atoms. The van der Waals surface area contributed by atoms with Crippen LogP contribution in [0.5, 0.6) is 11.5 Å². The summed E-state index contributed by atoms with van der Waals surface area (Å²) in [5.74, 6) is 1.61. The summed E-state index contributed by atoms with van der Waals surface area (Å²) in [6.45, 7) is 4.17. The maximum absolute atomic E-state index is 6.07. The molecule has 0 bridgehead atoms. The molecule has 1 unspecified atom stereocenters. The minimum Gasteiger partial charge on any atom is -0.457 e. The number of para-hydroxylation sites is 1. The Hall–Kier alpha value is -1.77. The second-order valence-electron chi connectivity index (χ2n) is 4.32. The Kier molecular flexibility index (Phi) is 3.28. The van der Waals surface area contributed by atoms with Gasteiger partial charge in [0.15, 0.2) is 0 Å². The van der Waals surface area contributed by atoms with Gasteiger partial charge >= 0.3 is 0 Å². The van der Waals surface area contributed by atoms with Gasteiger partial charge in [0.25, 0.3) is 0 Å². The van der Waals surface area contributed by atoms with E-state index >= 15 is 0 Å². The molecule has 0 saturated heterocycles. The van der Waals surface area contributed by atoms with E-state index in [0.717, 1.165) is 22.6 Å². The van der Waals surface area contributed by atoms with Crippen LogP contribution in [0.2, 0.25) is 5.02 Å². The molecule has 1 aliphatic heterocycles. The van der Waals surface area contributed by atoms with Crippen LogP contribution in [0.25, 0.3) is 0 Å². The minimum absolute atomic E-state index is 0.170. The van der Waals surface area contributed by atoms with Gasteiger partial charge in [-0.25, -0.2) is 0 Å². The van der Waals surface area contributed by atoms with Crippen molar-refractivity contribution in [2.75, 3.05) is 6.61 Å². The van der Waals surface area contributed by atoms with Gasteiger partial charge < -0.3 is 9.47 Å². The number of halogens is 1. The van der Waals surface area contributed by atoms with Crippen molar-refractivity contribution >= 4 is 11.6 Å². The van der Waals surface area contributed by atoms with Crippen molar-refractivity contribution in [2.24, 2.45) is 0 Å². The highest BCUT2D eigenvalue weighted by Gasteiger charge is 2.27. The Morgan fingerprint density at radius 2 is 1.95 bits per heavy atom. The largest absolute Gasteiger partial charge is 0.457 e. The van der Waals surface area contributed by atoms with E-state index in [1.165, 1.54) is 0 Å². The number of fused-ring (bicyclic) bond motifs is 2. The molecule has 1 aliphatic rings. The molecular formula is C16H13ClO2. The molecular weight excluding hydrogens is 260 g/mol. The van der Waals surface area contributed by atoms with E-state index in [1.54, 1.807) is 6.08 Å². The van der Waals surface area contributed by atoms with E-state index in [1.807, 2.05) is 42.5 Å². The lowest BCUT2D eigenvalue weighted by Crippen LogP contribution is -2.13. The average molecular weight is 273 g/mol. The van der Waals surface area contributed by atoms with Crippen LogP contribution in [0, 0.1) is 0 Å². The van der Waals surface area contributed by atoms with Gasteiger partial charge in [0.1, 0.15) is 17.6 Å². The topological polar surface area (TPSA) is 18.5 Å². The van der Waals surface area contributed by atoms with E-state index in [2.05, 4.69) is 6.58 Å². The van der Waals surface area contributed by atoms with Crippen molar-refractivity contribution in [1.29, 1.82) is 0 Å². The summed E-state index contributed by atoms with van der Waals surface area (Å²) < 4.78 is 11.8. The van der Waals surface area contributed by atoms with E-state index < -0.39 is 0 Å². The number of hydrogen-bond acceptors (Lipinski definition) is 2. The third-order valence-electron chi connectivity index (χ3n) is 3.06. The van der Waals surface area contributed by atoms with Crippen molar-refractivity contribution < 1.29 is 9.47 Å². The minimum atomic E-state index is -0.170. The van der Waals surface area contributed by atoms with Crippen molar-refractivity contribution in [3.05, 3.63) is 71.3 Å². The second kappa shape index (κ2) is 5.08. The van der Waals surface area contributed by atoms with Crippen molar-refractivity contribution in [3.8, 4) is 11.5 Å². The fraction of sp³-hybridized carbons (Fsp3) is 0.125. The summed E-state index contributed by atoms with van der Waals surface area (Å²) in [7, 11) is 0. The van der Waals surface area contributed by atoms with Crippen LogP contribution in [0.1, 0.15) is 17.2 Å². The van der Waals surface area contributed by atoms with E-state index in [9.17, 15) is 0 Å². The lowest BCUT2D eigenvalue weighted by Gasteiger charge is -2.28. The zero-order valence-corrected chi connectivity index (χ0v) is 11.1. The number of benzene rings is 2. The lowest BCUT2D eigenvalue weighted by molar-refractivity contribution is 0.0962. The first kappa shape index (κ1) is 12.3. The van der Waals surface area contributed by atoms with Crippen LogP contribution in [0.15, 0.2) is 55.1 Å². The lowest BCUT2D eigenvalue weighted by atomic mass is 9.97. The van der Waals surface area contributed by atoms with Crippen LogP contribution in [0.4, 0.5) is 0 Å². The molecule has 96 valence electrons. The Balaban J connectivity index is 2.10. The van der Waals surface area contributed by atoms with E-state index in [-0.39, 0.29) is 6.10 Å². The van der Waals surface area contributed by atoms with Gasteiger partial charge in [0, 0.05) is 16.1 Å². The molecule has 3 heteroatoms. The number of ether oxygens (including phenoxy) is 2. The first-order chi connectivity index (χ1) is 9.29. The van der Waals surface area contributed by atoms with Gasteiger partial charge in [0.2, 0.25) is 0 Å². The van der Waals surface area contributed by atoms with Crippen LogP contribution in [-0.4, -0.2) is 6.61 Å². The molecule has 2 aromatic carbocycles.